The Hall–Kier alpha value is -3.96. The van der Waals surface area contributed by atoms with Crippen LogP contribution in [0.1, 0.15) is 48.2 Å². The number of fused-ring (bicyclic) bond motifs is 2. The molecule has 3 atom stereocenters. The first kappa shape index (κ1) is 26.3. The highest BCUT2D eigenvalue weighted by molar-refractivity contribution is 5.85. The van der Waals surface area contributed by atoms with Crippen molar-refractivity contribution in [2.45, 2.75) is 43.5 Å². The van der Waals surface area contributed by atoms with Gasteiger partial charge in [0.2, 0.25) is 5.91 Å². The Kier molecular flexibility index (Phi) is 6.30. The summed E-state index contributed by atoms with van der Waals surface area (Å²) in [4.78, 5) is 23.6. The fourth-order valence-electron chi connectivity index (χ4n) is 5.78. The average molecular weight is 552 g/mol. The number of nitrogens with zero attached hydrogens (tertiary/aromatic N) is 4. The van der Waals surface area contributed by atoms with Crippen molar-refractivity contribution in [3.05, 3.63) is 83.4 Å². The zero-order valence-corrected chi connectivity index (χ0v) is 21.7. The van der Waals surface area contributed by atoms with Crippen LogP contribution in [0.5, 0.6) is 0 Å². The van der Waals surface area contributed by atoms with Crippen molar-refractivity contribution in [3.8, 4) is 11.3 Å². The molecule has 11 heteroatoms. The minimum absolute atomic E-state index is 0.0118. The molecule has 0 saturated carbocycles. The van der Waals surface area contributed by atoms with Gasteiger partial charge in [-0.1, -0.05) is 36.4 Å². The van der Waals surface area contributed by atoms with E-state index in [1.807, 2.05) is 9.30 Å². The lowest BCUT2D eigenvalue weighted by Gasteiger charge is -2.41. The number of amides is 1. The summed E-state index contributed by atoms with van der Waals surface area (Å²) >= 11 is 0. The van der Waals surface area contributed by atoms with Crippen molar-refractivity contribution in [2.24, 2.45) is 0 Å². The maximum absolute atomic E-state index is 13.3. The largest absolute Gasteiger partial charge is 0.416 e. The normalized spacial score (nSPS) is 21.3. The Balaban J connectivity index is 1.35. The third-order valence-electron chi connectivity index (χ3n) is 8.01. The van der Waals surface area contributed by atoms with Crippen molar-refractivity contribution >= 4 is 17.2 Å². The Morgan fingerprint density at radius 3 is 2.58 bits per heavy atom. The number of imidazole rings is 1. The zero-order chi connectivity index (χ0) is 28.2. The quantitative estimate of drug-likeness (QED) is 0.391. The number of morpholine rings is 1. The predicted octanol–water partition coefficient (Wildman–Crippen LogP) is 4.36. The molecule has 0 spiro atoms. The van der Waals surface area contributed by atoms with Gasteiger partial charge in [0.15, 0.2) is 0 Å². The molecular formula is C29H28F3N5O3. The third kappa shape index (κ3) is 4.48. The number of piperidine rings is 1. The number of aliphatic hydroxyl groups is 1. The van der Waals surface area contributed by atoms with Crippen LogP contribution in [-0.4, -0.2) is 56.1 Å². The van der Waals surface area contributed by atoms with Crippen molar-refractivity contribution in [3.63, 3.8) is 0 Å². The minimum Gasteiger partial charge on any atom is -0.382 e. The van der Waals surface area contributed by atoms with Gasteiger partial charge in [-0.25, -0.2) is 9.97 Å². The third-order valence-corrected chi connectivity index (χ3v) is 8.01. The lowest BCUT2D eigenvalue weighted by molar-refractivity contribution is -0.151. The van der Waals surface area contributed by atoms with E-state index in [4.69, 9.17) is 15.5 Å². The topological polar surface area (TPSA) is 106 Å². The van der Waals surface area contributed by atoms with Gasteiger partial charge in [-0.05, 0) is 43.0 Å². The highest BCUT2D eigenvalue weighted by atomic mass is 19.4. The Morgan fingerprint density at radius 1 is 1.07 bits per heavy atom. The van der Waals surface area contributed by atoms with Gasteiger partial charge in [0.05, 0.1) is 18.2 Å². The minimum atomic E-state index is -4.52. The predicted molar refractivity (Wildman–Crippen MR) is 141 cm³/mol. The van der Waals surface area contributed by atoms with Gasteiger partial charge in [0.25, 0.3) is 0 Å². The van der Waals surface area contributed by atoms with Crippen molar-refractivity contribution in [1.29, 1.82) is 0 Å². The number of nitrogens with two attached hydrogens (primary N) is 1. The van der Waals surface area contributed by atoms with Crippen LogP contribution in [0.3, 0.4) is 0 Å². The van der Waals surface area contributed by atoms with Crippen molar-refractivity contribution in [2.75, 3.05) is 25.5 Å². The second kappa shape index (κ2) is 9.60. The molecule has 2 fully saturated rings. The molecule has 1 unspecified atom stereocenters. The van der Waals surface area contributed by atoms with Crippen LogP contribution in [0.2, 0.25) is 0 Å². The van der Waals surface area contributed by atoms with Gasteiger partial charge in [0.1, 0.15) is 35.1 Å². The SMILES string of the molecule is CC(O)(c1ccc(-c2nc([C@@H]3CC[C@H]4COCC(=O)N4C3)n3ccnc(N)c23)cc1)c1cccc(C(F)(F)F)c1. The molecule has 3 N–H and O–H groups in total. The molecule has 2 aliphatic rings. The molecule has 40 heavy (non-hydrogen) atoms. The highest BCUT2D eigenvalue weighted by Crippen LogP contribution is 2.38. The number of carbonyl (C=O) groups is 1. The van der Waals surface area contributed by atoms with E-state index in [0.29, 0.717) is 41.3 Å². The molecule has 1 amide bonds. The summed E-state index contributed by atoms with van der Waals surface area (Å²) in [7, 11) is 0. The number of halogens is 3. The van der Waals surface area contributed by atoms with Gasteiger partial charge >= 0.3 is 6.18 Å². The molecular weight excluding hydrogens is 523 g/mol. The Labute approximate surface area is 228 Å². The van der Waals surface area contributed by atoms with Crippen LogP contribution in [0, 0.1) is 0 Å². The first-order valence-electron chi connectivity index (χ1n) is 13.0. The van der Waals surface area contributed by atoms with Gasteiger partial charge in [-0.3, -0.25) is 9.20 Å². The average Bonchev–Trinajstić information content (AvgIpc) is 3.34. The summed E-state index contributed by atoms with van der Waals surface area (Å²) in [6.45, 7) is 2.63. The second-order valence-corrected chi connectivity index (χ2v) is 10.6. The molecule has 2 aromatic heterocycles. The standard InChI is InChI=1S/C29H28F3N5O3/c1-28(39,20-3-2-4-21(13-20)29(30,31)32)19-8-5-17(6-9-19)24-25-26(33)34-11-12-36(25)27(35-24)18-7-10-22-15-40-16-23(38)37(22)14-18/h2-6,8-9,11-13,18,22,39H,7,10,14-16H2,1H3,(H2,33,34)/t18-,22+,28?/m1/s1. The van der Waals surface area contributed by atoms with Crippen LogP contribution in [0.4, 0.5) is 19.0 Å². The van der Waals surface area contributed by atoms with Crippen molar-refractivity contribution < 1.29 is 27.8 Å². The van der Waals surface area contributed by atoms with Crippen LogP contribution in [-0.2, 0) is 21.3 Å². The number of alkyl halides is 3. The fourth-order valence-corrected chi connectivity index (χ4v) is 5.78. The number of ether oxygens (including phenoxy) is 1. The van der Waals surface area contributed by atoms with Crippen molar-refractivity contribution in [1.82, 2.24) is 19.3 Å². The Bertz CT molecular complexity index is 1580. The number of benzene rings is 2. The fraction of sp³-hybridized carbons (Fsp3) is 0.345. The Morgan fingerprint density at radius 2 is 1.82 bits per heavy atom. The molecule has 0 aliphatic carbocycles. The number of hydrogen-bond acceptors (Lipinski definition) is 6. The molecule has 208 valence electrons. The first-order valence-corrected chi connectivity index (χ1v) is 13.0. The molecule has 2 aliphatic heterocycles. The lowest BCUT2D eigenvalue weighted by Crippen LogP contribution is -2.53. The maximum Gasteiger partial charge on any atom is 0.416 e. The molecule has 4 aromatic rings. The second-order valence-electron chi connectivity index (χ2n) is 10.6. The van der Waals surface area contributed by atoms with Crippen LogP contribution in [0.15, 0.2) is 60.9 Å². The molecule has 2 saturated heterocycles. The van der Waals surface area contributed by atoms with Gasteiger partial charge in [-0.2, -0.15) is 13.2 Å². The van der Waals surface area contributed by atoms with Gasteiger partial charge < -0.3 is 20.5 Å². The smallest absolute Gasteiger partial charge is 0.382 e. The molecule has 8 nitrogen and oxygen atoms in total. The molecule has 6 rings (SSSR count). The highest BCUT2D eigenvalue weighted by Gasteiger charge is 2.37. The monoisotopic (exact) mass is 551 g/mol. The van der Waals surface area contributed by atoms with Crippen LogP contribution in [0.25, 0.3) is 16.8 Å². The summed E-state index contributed by atoms with van der Waals surface area (Å²) in [6, 6.07) is 11.6. The molecule has 0 radical (unpaired) electrons. The van der Waals surface area contributed by atoms with E-state index in [0.717, 1.165) is 30.8 Å². The van der Waals surface area contributed by atoms with E-state index in [2.05, 4.69) is 4.98 Å². The zero-order valence-electron chi connectivity index (χ0n) is 21.7. The molecule has 0 bridgehead atoms. The number of aromatic nitrogens is 3. The van der Waals surface area contributed by atoms with E-state index in [1.54, 1.807) is 36.7 Å². The summed E-state index contributed by atoms with van der Waals surface area (Å²) in [6.07, 6.45) is 0.533. The van der Waals surface area contributed by atoms with E-state index in [1.165, 1.54) is 19.1 Å². The lowest BCUT2D eigenvalue weighted by atomic mass is 9.87. The van der Waals surface area contributed by atoms with E-state index in [-0.39, 0.29) is 30.0 Å². The first-order chi connectivity index (χ1) is 19.0. The maximum atomic E-state index is 13.3. The number of anilines is 1. The molecule has 4 heterocycles. The summed E-state index contributed by atoms with van der Waals surface area (Å²) in [5, 5.41) is 11.3. The number of nitrogen functional groups attached to an aromatic ring is 1. The summed E-state index contributed by atoms with van der Waals surface area (Å²) in [5.41, 5.74) is 6.32. The molecule has 2 aromatic carbocycles. The van der Waals surface area contributed by atoms with Crippen LogP contribution >= 0.6 is 0 Å². The number of rotatable bonds is 4. The van der Waals surface area contributed by atoms with Gasteiger partial charge in [0, 0.05) is 30.4 Å². The van der Waals surface area contributed by atoms with E-state index in [9.17, 15) is 23.1 Å². The van der Waals surface area contributed by atoms with E-state index >= 15 is 0 Å². The van der Waals surface area contributed by atoms with Gasteiger partial charge in [-0.15, -0.1) is 0 Å². The number of carbonyl (C=O) groups excluding carboxylic acids is 1. The van der Waals surface area contributed by atoms with Crippen LogP contribution < -0.4 is 5.73 Å². The summed E-state index contributed by atoms with van der Waals surface area (Å²) < 4.78 is 47.1. The number of hydrogen-bond donors (Lipinski definition) is 2. The van der Waals surface area contributed by atoms with E-state index < -0.39 is 17.3 Å². The summed E-state index contributed by atoms with van der Waals surface area (Å²) in [5.74, 6) is 1.04.